The number of nitrogens with one attached hydrogen (secondary N) is 1. The van der Waals surface area contributed by atoms with Crippen LogP contribution in [-0.2, 0) is 0 Å². The Morgan fingerprint density at radius 2 is 2.10 bits per heavy atom. The van der Waals surface area contributed by atoms with Gasteiger partial charge < -0.3 is 5.32 Å². The second-order valence-electron chi connectivity index (χ2n) is 4.58. The van der Waals surface area contributed by atoms with Gasteiger partial charge in [-0.05, 0) is 30.2 Å². The van der Waals surface area contributed by atoms with E-state index in [0.29, 0.717) is 11.3 Å². The van der Waals surface area contributed by atoms with Crippen molar-refractivity contribution in [1.82, 2.24) is 9.97 Å². The number of amides is 1. The number of nitrogens with zero attached hydrogens (tertiary/aromatic N) is 2. The number of carbonyl (C=O) groups excluding carboxylic acids is 1. The van der Waals surface area contributed by atoms with Crippen LogP contribution in [0, 0.1) is 5.95 Å². The van der Waals surface area contributed by atoms with Crippen LogP contribution in [0.25, 0.3) is 0 Å². The maximum atomic E-state index is 12.7. The number of hydrogen-bond donors (Lipinski definition) is 1. The molecule has 2 aromatic rings. The van der Waals surface area contributed by atoms with Crippen molar-refractivity contribution < 1.29 is 9.18 Å². The monoisotopic (exact) mass is 293 g/mol. The first-order chi connectivity index (χ1) is 9.45. The van der Waals surface area contributed by atoms with E-state index >= 15 is 0 Å². The SMILES string of the molecule is CC(C)c1cc(C(=O)Nc2ccc(F)nc2)cc(Cl)n1. The molecule has 20 heavy (non-hydrogen) atoms. The number of carbonyl (C=O) groups is 1. The average Bonchev–Trinajstić information content (AvgIpc) is 2.40. The third-order valence-corrected chi connectivity index (χ3v) is 2.85. The van der Waals surface area contributed by atoms with Gasteiger partial charge in [0.15, 0.2) is 0 Å². The quantitative estimate of drug-likeness (QED) is 0.879. The Morgan fingerprint density at radius 3 is 2.70 bits per heavy atom. The molecule has 0 radical (unpaired) electrons. The zero-order chi connectivity index (χ0) is 14.7. The third kappa shape index (κ3) is 3.51. The first kappa shape index (κ1) is 14.4. The van der Waals surface area contributed by atoms with Gasteiger partial charge in [-0.1, -0.05) is 25.4 Å². The van der Waals surface area contributed by atoms with Gasteiger partial charge in [0.2, 0.25) is 5.95 Å². The lowest BCUT2D eigenvalue weighted by atomic mass is 10.1. The molecule has 0 unspecified atom stereocenters. The van der Waals surface area contributed by atoms with Crippen molar-refractivity contribution in [3.63, 3.8) is 0 Å². The number of aromatic nitrogens is 2. The molecular weight excluding hydrogens is 281 g/mol. The fraction of sp³-hybridized carbons (Fsp3) is 0.214. The topological polar surface area (TPSA) is 54.9 Å². The van der Waals surface area contributed by atoms with Crippen LogP contribution in [0.2, 0.25) is 5.15 Å². The summed E-state index contributed by atoms with van der Waals surface area (Å²) in [6, 6.07) is 5.78. The maximum absolute atomic E-state index is 12.7. The molecule has 4 nitrogen and oxygen atoms in total. The Hall–Kier alpha value is -2.01. The molecule has 0 aliphatic heterocycles. The minimum atomic E-state index is -0.600. The Labute approximate surface area is 121 Å². The van der Waals surface area contributed by atoms with Crippen molar-refractivity contribution in [2.45, 2.75) is 19.8 Å². The molecule has 2 heterocycles. The highest BCUT2D eigenvalue weighted by Gasteiger charge is 2.11. The molecule has 0 saturated carbocycles. The minimum absolute atomic E-state index is 0.160. The molecule has 0 spiro atoms. The normalized spacial score (nSPS) is 10.7. The van der Waals surface area contributed by atoms with Gasteiger partial charge in [0, 0.05) is 11.3 Å². The molecule has 0 fully saturated rings. The maximum Gasteiger partial charge on any atom is 0.255 e. The van der Waals surface area contributed by atoms with Crippen LogP contribution in [0.5, 0.6) is 0 Å². The van der Waals surface area contributed by atoms with E-state index in [1.807, 2.05) is 13.8 Å². The number of anilines is 1. The fourth-order valence-corrected chi connectivity index (χ4v) is 1.81. The lowest BCUT2D eigenvalue weighted by molar-refractivity contribution is 0.102. The Morgan fingerprint density at radius 1 is 1.35 bits per heavy atom. The molecular formula is C14H13ClFN3O. The van der Waals surface area contributed by atoms with E-state index in [-0.39, 0.29) is 17.0 Å². The predicted octanol–water partition coefficient (Wildman–Crippen LogP) is 3.64. The second-order valence-corrected chi connectivity index (χ2v) is 4.97. The molecule has 104 valence electrons. The molecule has 0 aromatic carbocycles. The highest BCUT2D eigenvalue weighted by Crippen LogP contribution is 2.18. The lowest BCUT2D eigenvalue weighted by Gasteiger charge is -2.09. The number of rotatable bonds is 3. The summed E-state index contributed by atoms with van der Waals surface area (Å²) in [5, 5.41) is 2.89. The Balaban J connectivity index is 2.22. The lowest BCUT2D eigenvalue weighted by Crippen LogP contribution is -2.13. The summed E-state index contributed by atoms with van der Waals surface area (Å²) in [5.41, 5.74) is 1.55. The van der Waals surface area contributed by atoms with Crippen molar-refractivity contribution in [3.8, 4) is 0 Å². The van der Waals surface area contributed by atoms with Gasteiger partial charge in [0.05, 0.1) is 11.9 Å². The molecule has 0 aliphatic rings. The highest BCUT2D eigenvalue weighted by molar-refractivity contribution is 6.29. The Bertz CT molecular complexity index is 629. The minimum Gasteiger partial charge on any atom is -0.321 e. The third-order valence-electron chi connectivity index (χ3n) is 2.65. The number of hydrogen-bond acceptors (Lipinski definition) is 3. The van der Waals surface area contributed by atoms with Gasteiger partial charge >= 0.3 is 0 Å². The summed E-state index contributed by atoms with van der Waals surface area (Å²) >= 11 is 5.91. The van der Waals surface area contributed by atoms with E-state index in [1.54, 1.807) is 6.07 Å². The standard InChI is InChI=1S/C14H13ClFN3O/c1-8(2)11-5-9(6-12(15)19-11)14(20)18-10-3-4-13(16)17-7-10/h3-8H,1-2H3,(H,18,20). The van der Waals surface area contributed by atoms with Gasteiger partial charge in [-0.25, -0.2) is 9.97 Å². The van der Waals surface area contributed by atoms with Crippen LogP contribution < -0.4 is 5.32 Å². The molecule has 6 heteroatoms. The molecule has 1 N–H and O–H groups in total. The summed E-state index contributed by atoms with van der Waals surface area (Å²) in [4.78, 5) is 19.7. The summed E-state index contributed by atoms with van der Waals surface area (Å²) in [7, 11) is 0. The van der Waals surface area contributed by atoms with Crippen LogP contribution in [0.1, 0.15) is 35.8 Å². The van der Waals surface area contributed by atoms with Gasteiger partial charge in [-0.3, -0.25) is 4.79 Å². The van der Waals surface area contributed by atoms with Crippen molar-refractivity contribution in [1.29, 1.82) is 0 Å². The average molecular weight is 294 g/mol. The summed E-state index contributed by atoms with van der Waals surface area (Å²) in [6.07, 6.45) is 1.25. The second kappa shape index (κ2) is 5.96. The van der Waals surface area contributed by atoms with E-state index in [2.05, 4.69) is 15.3 Å². The molecule has 0 atom stereocenters. The summed E-state index contributed by atoms with van der Waals surface area (Å²) < 4.78 is 12.7. The molecule has 0 saturated heterocycles. The highest BCUT2D eigenvalue weighted by atomic mass is 35.5. The molecule has 0 bridgehead atoms. The van der Waals surface area contributed by atoms with Crippen LogP contribution >= 0.6 is 11.6 Å². The summed E-state index contributed by atoms with van der Waals surface area (Å²) in [5.74, 6) is -0.783. The van der Waals surface area contributed by atoms with Crippen LogP contribution in [0.15, 0.2) is 30.5 Å². The predicted molar refractivity (Wildman–Crippen MR) is 75.5 cm³/mol. The van der Waals surface area contributed by atoms with Crippen LogP contribution in [0.3, 0.4) is 0 Å². The Kier molecular flexibility index (Phi) is 4.29. The fourth-order valence-electron chi connectivity index (χ4n) is 1.60. The first-order valence-corrected chi connectivity index (χ1v) is 6.44. The van der Waals surface area contributed by atoms with E-state index in [0.717, 1.165) is 5.69 Å². The van der Waals surface area contributed by atoms with Crippen molar-refractivity contribution in [3.05, 3.63) is 52.8 Å². The number of pyridine rings is 2. The van der Waals surface area contributed by atoms with Gasteiger partial charge in [-0.2, -0.15) is 4.39 Å². The largest absolute Gasteiger partial charge is 0.321 e. The molecule has 2 rings (SSSR count). The summed E-state index contributed by atoms with van der Waals surface area (Å²) in [6.45, 7) is 3.93. The van der Waals surface area contributed by atoms with Gasteiger partial charge in [0.1, 0.15) is 5.15 Å². The van der Waals surface area contributed by atoms with E-state index in [4.69, 9.17) is 11.6 Å². The van der Waals surface area contributed by atoms with Gasteiger partial charge in [0.25, 0.3) is 5.91 Å². The van der Waals surface area contributed by atoms with E-state index in [1.165, 1.54) is 24.4 Å². The van der Waals surface area contributed by atoms with Crippen molar-refractivity contribution in [2.24, 2.45) is 0 Å². The van der Waals surface area contributed by atoms with Crippen LogP contribution in [-0.4, -0.2) is 15.9 Å². The first-order valence-electron chi connectivity index (χ1n) is 6.06. The zero-order valence-electron chi connectivity index (χ0n) is 11.0. The van der Waals surface area contributed by atoms with Gasteiger partial charge in [-0.15, -0.1) is 0 Å². The van der Waals surface area contributed by atoms with E-state index < -0.39 is 5.95 Å². The zero-order valence-corrected chi connectivity index (χ0v) is 11.8. The van der Waals surface area contributed by atoms with Crippen LogP contribution in [0.4, 0.5) is 10.1 Å². The number of halogens is 2. The molecule has 0 aliphatic carbocycles. The smallest absolute Gasteiger partial charge is 0.255 e. The molecule has 1 amide bonds. The van der Waals surface area contributed by atoms with E-state index in [9.17, 15) is 9.18 Å². The van der Waals surface area contributed by atoms with Crippen molar-refractivity contribution in [2.75, 3.05) is 5.32 Å². The molecule has 2 aromatic heterocycles. The van der Waals surface area contributed by atoms with Crippen molar-refractivity contribution >= 4 is 23.2 Å².